The summed E-state index contributed by atoms with van der Waals surface area (Å²) in [5.41, 5.74) is 5.45. The standard InChI is InChI=1S/C14H27N3O/c1-12-5-2-3-7-16(12)10-13-6-4-8-17(11-13)14(18)9-15/h12-13H,2-11,15H2,1H3/t12-,13+/m1/s1. The Bertz CT molecular complexity index is 282. The van der Waals surface area contributed by atoms with E-state index in [1.165, 1.54) is 32.2 Å². The fraction of sp³-hybridized carbons (Fsp3) is 0.929. The molecule has 0 aromatic heterocycles. The van der Waals surface area contributed by atoms with Crippen molar-refractivity contribution in [3.63, 3.8) is 0 Å². The highest BCUT2D eigenvalue weighted by molar-refractivity contribution is 5.78. The van der Waals surface area contributed by atoms with E-state index in [0.717, 1.165) is 32.1 Å². The van der Waals surface area contributed by atoms with Crippen LogP contribution in [0.3, 0.4) is 0 Å². The van der Waals surface area contributed by atoms with Gasteiger partial charge in [-0.25, -0.2) is 0 Å². The summed E-state index contributed by atoms with van der Waals surface area (Å²) in [5, 5.41) is 0. The number of carbonyl (C=O) groups excluding carboxylic acids is 1. The lowest BCUT2D eigenvalue weighted by Crippen LogP contribution is -2.48. The number of nitrogens with zero attached hydrogens (tertiary/aromatic N) is 2. The van der Waals surface area contributed by atoms with Gasteiger partial charge in [-0.1, -0.05) is 6.42 Å². The molecule has 0 aliphatic carbocycles. The molecule has 2 heterocycles. The van der Waals surface area contributed by atoms with Gasteiger partial charge in [0, 0.05) is 25.7 Å². The first-order valence-electron chi connectivity index (χ1n) is 7.42. The van der Waals surface area contributed by atoms with Crippen LogP contribution >= 0.6 is 0 Å². The molecule has 0 unspecified atom stereocenters. The lowest BCUT2D eigenvalue weighted by Gasteiger charge is -2.39. The molecule has 2 rings (SSSR count). The number of hydrogen-bond acceptors (Lipinski definition) is 3. The number of likely N-dealkylation sites (tertiary alicyclic amines) is 2. The first-order valence-corrected chi connectivity index (χ1v) is 7.42. The van der Waals surface area contributed by atoms with E-state index >= 15 is 0 Å². The van der Waals surface area contributed by atoms with Gasteiger partial charge < -0.3 is 15.5 Å². The molecular weight excluding hydrogens is 226 g/mol. The molecular formula is C14H27N3O. The summed E-state index contributed by atoms with van der Waals surface area (Å²) < 4.78 is 0. The second-order valence-corrected chi connectivity index (χ2v) is 5.89. The van der Waals surface area contributed by atoms with Gasteiger partial charge in [0.05, 0.1) is 6.54 Å². The van der Waals surface area contributed by atoms with Crippen molar-refractivity contribution >= 4 is 5.91 Å². The Morgan fingerprint density at radius 3 is 2.78 bits per heavy atom. The Kier molecular flexibility index (Phi) is 5.01. The molecule has 0 aromatic carbocycles. The topological polar surface area (TPSA) is 49.6 Å². The van der Waals surface area contributed by atoms with E-state index in [9.17, 15) is 4.79 Å². The van der Waals surface area contributed by atoms with Crippen LogP contribution in [0.5, 0.6) is 0 Å². The average Bonchev–Trinajstić information content (AvgIpc) is 2.41. The zero-order valence-electron chi connectivity index (χ0n) is 11.6. The SMILES string of the molecule is C[C@@H]1CCCCN1C[C@@H]1CCCN(C(=O)CN)C1. The quantitative estimate of drug-likeness (QED) is 0.818. The van der Waals surface area contributed by atoms with Gasteiger partial charge in [-0.15, -0.1) is 0 Å². The number of nitrogens with two attached hydrogens (primary N) is 1. The lowest BCUT2D eigenvalue weighted by molar-refractivity contribution is -0.131. The molecule has 0 bridgehead atoms. The van der Waals surface area contributed by atoms with Crippen molar-refractivity contribution in [2.45, 2.75) is 45.1 Å². The molecule has 0 aromatic rings. The fourth-order valence-corrected chi connectivity index (χ4v) is 3.33. The van der Waals surface area contributed by atoms with Crippen molar-refractivity contribution in [1.82, 2.24) is 9.80 Å². The van der Waals surface area contributed by atoms with Gasteiger partial charge in [0.2, 0.25) is 5.91 Å². The van der Waals surface area contributed by atoms with Gasteiger partial charge in [-0.3, -0.25) is 4.79 Å². The minimum atomic E-state index is 0.117. The highest BCUT2D eigenvalue weighted by atomic mass is 16.2. The van der Waals surface area contributed by atoms with Crippen LogP contribution in [-0.2, 0) is 4.79 Å². The van der Waals surface area contributed by atoms with Crippen LogP contribution in [0.25, 0.3) is 0 Å². The summed E-state index contributed by atoms with van der Waals surface area (Å²) in [6.45, 7) is 6.72. The van der Waals surface area contributed by atoms with E-state index in [-0.39, 0.29) is 12.5 Å². The molecule has 0 spiro atoms. The van der Waals surface area contributed by atoms with Crippen LogP contribution in [0.1, 0.15) is 39.0 Å². The molecule has 2 fully saturated rings. The zero-order chi connectivity index (χ0) is 13.0. The van der Waals surface area contributed by atoms with Gasteiger partial charge in [0.15, 0.2) is 0 Å². The van der Waals surface area contributed by atoms with Gasteiger partial charge >= 0.3 is 0 Å². The minimum absolute atomic E-state index is 0.117. The summed E-state index contributed by atoms with van der Waals surface area (Å²) >= 11 is 0. The van der Waals surface area contributed by atoms with E-state index in [0.29, 0.717) is 5.92 Å². The molecule has 0 radical (unpaired) electrons. The van der Waals surface area contributed by atoms with Crippen LogP contribution in [0.4, 0.5) is 0 Å². The van der Waals surface area contributed by atoms with E-state index in [2.05, 4.69) is 11.8 Å². The molecule has 2 atom stereocenters. The van der Waals surface area contributed by atoms with E-state index in [4.69, 9.17) is 5.73 Å². The monoisotopic (exact) mass is 253 g/mol. The maximum absolute atomic E-state index is 11.7. The Morgan fingerprint density at radius 2 is 2.06 bits per heavy atom. The Balaban J connectivity index is 1.83. The number of carbonyl (C=O) groups is 1. The molecule has 18 heavy (non-hydrogen) atoms. The highest BCUT2D eigenvalue weighted by Crippen LogP contribution is 2.22. The normalized spacial score (nSPS) is 30.4. The van der Waals surface area contributed by atoms with Crippen molar-refractivity contribution in [2.24, 2.45) is 11.7 Å². The Labute approximate surface area is 110 Å². The number of rotatable bonds is 3. The van der Waals surface area contributed by atoms with Crippen molar-refractivity contribution in [3.05, 3.63) is 0 Å². The third-order valence-electron chi connectivity index (χ3n) is 4.48. The predicted molar refractivity (Wildman–Crippen MR) is 73.2 cm³/mol. The predicted octanol–water partition coefficient (Wildman–Crippen LogP) is 1.06. The molecule has 4 heteroatoms. The second kappa shape index (κ2) is 6.53. The largest absolute Gasteiger partial charge is 0.341 e. The second-order valence-electron chi connectivity index (χ2n) is 5.89. The van der Waals surface area contributed by atoms with E-state index in [1.54, 1.807) is 0 Å². The van der Waals surface area contributed by atoms with Gasteiger partial charge in [0.25, 0.3) is 0 Å². The Hall–Kier alpha value is -0.610. The first-order chi connectivity index (χ1) is 8.70. The minimum Gasteiger partial charge on any atom is -0.341 e. The first kappa shape index (κ1) is 13.8. The van der Waals surface area contributed by atoms with Gasteiger partial charge in [-0.05, 0) is 45.1 Å². The van der Waals surface area contributed by atoms with Crippen LogP contribution < -0.4 is 5.73 Å². The highest BCUT2D eigenvalue weighted by Gasteiger charge is 2.26. The zero-order valence-corrected chi connectivity index (χ0v) is 11.6. The van der Waals surface area contributed by atoms with Crippen LogP contribution in [0.15, 0.2) is 0 Å². The molecule has 2 N–H and O–H groups in total. The van der Waals surface area contributed by atoms with Crippen molar-refractivity contribution in [3.8, 4) is 0 Å². The van der Waals surface area contributed by atoms with Gasteiger partial charge in [0.1, 0.15) is 0 Å². The molecule has 0 saturated carbocycles. The third kappa shape index (κ3) is 3.45. The average molecular weight is 253 g/mol. The smallest absolute Gasteiger partial charge is 0.236 e. The summed E-state index contributed by atoms with van der Waals surface area (Å²) in [7, 11) is 0. The maximum atomic E-state index is 11.7. The summed E-state index contributed by atoms with van der Waals surface area (Å²) in [5.74, 6) is 0.765. The molecule has 104 valence electrons. The third-order valence-corrected chi connectivity index (χ3v) is 4.48. The fourth-order valence-electron chi connectivity index (χ4n) is 3.33. The van der Waals surface area contributed by atoms with Crippen LogP contribution in [-0.4, -0.2) is 54.5 Å². The summed E-state index contributed by atoms with van der Waals surface area (Å²) in [4.78, 5) is 16.2. The van der Waals surface area contributed by atoms with Crippen molar-refractivity contribution in [2.75, 3.05) is 32.7 Å². The molecule has 2 saturated heterocycles. The van der Waals surface area contributed by atoms with E-state index in [1.807, 2.05) is 4.90 Å². The molecule has 2 aliphatic rings. The number of amides is 1. The molecule has 4 nitrogen and oxygen atoms in total. The van der Waals surface area contributed by atoms with Crippen LogP contribution in [0.2, 0.25) is 0 Å². The molecule has 2 aliphatic heterocycles. The van der Waals surface area contributed by atoms with Gasteiger partial charge in [-0.2, -0.15) is 0 Å². The maximum Gasteiger partial charge on any atom is 0.236 e. The van der Waals surface area contributed by atoms with Crippen molar-refractivity contribution in [1.29, 1.82) is 0 Å². The summed E-state index contributed by atoms with van der Waals surface area (Å²) in [6.07, 6.45) is 6.44. The van der Waals surface area contributed by atoms with Crippen LogP contribution in [0, 0.1) is 5.92 Å². The molecule has 1 amide bonds. The lowest BCUT2D eigenvalue weighted by atomic mass is 9.94. The number of piperidine rings is 2. The van der Waals surface area contributed by atoms with Crippen molar-refractivity contribution < 1.29 is 4.79 Å². The van der Waals surface area contributed by atoms with E-state index < -0.39 is 0 Å². The summed E-state index contributed by atoms with van der Waals surface area (Å²) in [6, 6.07) is 0.722. The number of hydrogen-bond donors (Lipinski definition) is 1. The Morgan fingerprint density at radius 1 is 1.22 bits per heavy atom.